The molecule has 5 rings (SSSR count). The standard InChI is InChI=1S/C22H26FN7O/c1-12(2)29-17-6-4-13(8-14(17)11-25-29)5-7-19-26-21-16-9-15(23)10-18(31-3)20(16)27-22(24)30(21)28-19/h9-13H,4-8H2,1-3H3,(H2,24,27)/t13-/m0/s1. The first-order valence-electron chi connectivity index (χ1n) is 10.7. The second-order valence-electron chi connectivity index (χ2n) is 8.54. The number of nitrogen functional groups attached to an aromatic ring is 1. The van der Waals surface area contributed by atoms with Gasteiger partial charge >= 0.3 is 0 Å². The highest BCUT2D eigenvalue weighted by Crippen LogP contribution is 2.31. The Balaban J connectivity index is 1.39. The van der Waals surface area contributed by atoms with Crippen LogP contribution in [0.15, 0.2) is 18.3 Å². The van der Waals surface area contributed by atoms with Crippen LogP contribution >= 0.6 is 0 Å². The zero-order valence-corrected chi connectivity index (χ0v) is 18.0. The fourth-order valence-electron chi connectivity index (χ4n) is 4.62. The molecule has 0 unspecified atom stereocenters. The van der Waals surface area contributed by atoms with Gasteiger partial charge in [0, 0.05) is 24.2 Å². The minimum atomic E-state index is -0.415. The largest absolute Gasteiger partial charge is 0.494 e. The first-order valence-corrected chi connectivity index (χ1v) is 10.7. The molecule has 9 heteroatoms. The molecule has 0 saturated heterocycles. The zero-order chi connectivity index (χ0) is 21.7. The van der Waals surface area contributed by atoms with E-state index in [-0.39, 0.29) is 5.95 Å². The molecule has 162 valence electrons. The van der Waals surface area contributed by atoms with E-state index in [1.165, 1.54) is 35.0 Å². The first kappa shape index (κ1) is 19.7. The molecular formula is C22H26FN7O. The van der Waals surface area contributed by atoms with Gasteiger partial charge in [0.25, 0.3) is 0 Å². The minimum Gasteiger partial charge on any atom is -0.494 e. The Morgan fingerprint density at radius 2 is 2.13 bits per heavy atom. The van der Waals surface area contributed by atoms with E-state index in [9.17, 15) is 4.39 Å². The van der Waals surface area contributed by atoms with E-state index in [1.54, 1.807) is 0 Å². The first-order chi connectivity index (χ1) is 14.9. The number of anilines is 1. The lowest BCUT2D eigenvalue weighted by atomic mass is 9.84. The van der Waals surface area contributed by atoms with Crippen molar-refractivity contribution in [3.05, 3.63) is 41.2 Å². The third kappa shape index (κ3) is 3.37. The number of hydrogen-bond donors (Lipinski definition) is 1. The number of ether oxygens (including phenoxy) is 1. The van der Waals surface area contributed by atoms with Crippen LogP contribution in [-0.2, 0) is 19.3 Å². The van der Waals surface area contributed by atoms with Crippen LogP contribution in [0.1, 0.15) is 49.8 Å². The molecule has 1 aromatic carbocycles. The van der Waals surface area contributed by atoms with Gasteiger partial charge in [0.05, 0.1) is 18.7 Å². The smallest absolute Gasteiger partial charge is 0.223 e. The van der Waals surface area contributed by atoms with Crippen LogP contribution in [-0.4, -0.2) is 36.5 Å². The normalized spacial score (nSPS) is 16.4. The third-order valence-electron chi connectivity index (χ3n) is 6.14. The molecule has 0 radical (unpaired) electrons. The number of halogens is 1. The maximum Gasteiger partial charge on any atom is 0.223 e. The van der Waals surface area contributed by atoms with Gasteiger partial charge in [-0.1, -0.05) is 0 Å². The van der Waals surface area contributed by atoms with Crippen molar-refractivity contribution in [3.63, 3.8) is 0 Å². The second-order valence-corrected chi connectivity index (χ2v) is 8.54. The molecular weight excluding hydrogens is 397 g/mol. The molecule has 8 nitrogen and oxygen atoms in total. The number of methoxy groups -OCH3 is 1. The van der Waals surface area contributed by atoms with Gasteiger partial charge in [-0.25, -0.2) is 14.4 Å². The SMILES string of the molecule is COc1cc(F)cc2c1nc(N)n1nc(CC[C@@H]3CCc4c(cnn4C(C)C)C3)nc21. The highest BCUT2D eigenvalue weighted by Gasteiger charge is 2.24. The number of nitrogens with two attached hydrogens (primary N) is 1. The average molecular weight is 423 g/mol. The van der Waals surface area contributed by atoms with E-state index in [2.05, 4.69) is 38.7 Å². The molecule has 1 aliphatic carbocycles. The maximum absolute atomic E-state index is 14.1. The van der Waals surface area contributed by atoms with Crippen molar-refractivity contribution in [1.82, 2.24) is 29.4 Å². The van der Waals surface area contributed by atoms with Crippen LogP contribution in [0.3, 0.4) is 0 Å². The summed E-state index contributed by atoms with van der Waals surface area (Å²) >= 11 is 0. The van der Waals surface area contributed by atoms with Crippen LogP contribution in [0.2, 0.25) is 0 Å². The van der Waals surface area contributed by atoms with Crippen LogP contribution in [0.5, 0.6) is 5.75 Å². The van der Waals surface area contributed by atoms with Gasteiger partial charge in [0.2, 0.25) is 5.95 Å². The lowest BCUT2D eigenvalue weighted by Gasteiger charge is -2.23. The van der Waals surface area contributed by atoms with E-state index in [4.69, 9.17) is 10.5 Å². The summed E-state index contributed by atoms with van der Waals surface area (Å²) in [6.45, 7) is 4.33. The molecule has 31 heavy (non-hydrogen) atoms. The molecule has 3 aromatic heterocycles. The van der Waals surface area contributed by atoms with Gasteiger partial charge in [0.1, 0.15) is 17.1 Å². The summed E-state index contributed by atoms with van der Waals surface area (Å²) in [5.74, 6) is 1.37. The Kier molecular flexibility index (Phi) is 4.75. The second kappa shape index (κ2) is 7.47. The van der Waals surface area contributed by atoms with Gasteiger partial charge in [-0.15, -0.1) is 5.10 Å². The number of benzene rings is 1. The van der Waals surface area contributed by atoms with E-state index < -0.39 is 5.82 Å². The summed E-state index contributed by atoms with van der Waals surface area (Å²) in [4.78, 5) is 9.03. The van der Waals surface area contributed by atoms with E-state index >= 15 is 0 Å². The quantitative estimate of drug-likeness (QED) is 0.528. The van der Waals surface area contributed by atoms with Gasteiger partial charge in [0.15, 0.2) is 11.5 Å². The molecule has 4 aromatic rings. The molecule has 0 saturated carbocycles. The Hall–Kier alpha value is -3.23. The van der Waals surface area contributed by atoms with E-state index in [0.29, 0.717) is 40.1 Å². The van der Waals surface area contributed by atoms with Gasteiger partial charge < -0.3 is 10.5 Å². The van der Waals surface area contributed by atoms with Crippen LogP contribution in [0.25, 0.3) is 16.6 Å². The summed E-state index contributed by atoms with van der Waals surface area (Å²) in [6, 6.07) is 3.08. The summed E-state index contributed by atoms with van der Waals surface area (Å²) in [6.07, 6.45) is 6.94. The van der Waals surface area contributed by atoms with E-state index in [1.807, 2.05) is 6.20 Å². The fraction of sp³-hybridized carbons (Fsp3) is 0.455. The number of aromatic nitrogens is 6. The maximum atomic E-state index is 14.1. The molecule has 1 atom stereocenters. The Labute approximate surface area is 179 Å². The van der Waals surface area contributed by atoms with Crippen molar-refractivity contribution >= 4 is 22.5 Å². The average Bonchev–Trinajstić information content (AvgIpc) is 3.37. The minimum absolute atomic E-state index is 0.203. The fourth-order valence-corrected chi connectivity index (χ4v) is 4.62. The van der Waals surface area contributed by atoms with Crippen molar-refractivity contribution < 1.29 is 9.13 Å². The predicted octanol–water partition coefficient (Wildman–Crippen LogP) is 3.52. The van der Waals surface area contributed by atoms with Crippen LogP contribution in [0, 0.1) is 11.7 Å². The molecule has 0 amide bonds. The Bertz CT molecular complexity index is 1280. The van der Waals surface area contributed by atoms with Crippen molar-refractivity contribution in [2.45, 2.75) is 52.0 Å². The van der Waals surface area contributed by atoms with Crippen LogP contribution in [0.4, 0.5) is 10.3 Å². The molecule has 0 spiro atoms. The van der Waals surface area contributed by atoms with Gasteiger partial charge in [-0.2, -0.15) is 9.61 Å². The molecule has 1 aliphatic rings. The van der Waals surface area contributed by atoms with Crippen molar-refractivity contribution in [2.24, 2.45) is 5.92 Å². The molecule has 2 N–H and O–H groups in total. The van der Waals surface area contributed by atoms with Gasteiger partial charge in [-0.3, -0.25) is 4.68 Å². The van der Waals surface area contributed by atoms with Gasteiger partial charge in [-0.05, 0) is 57.1 Å². The predicted molar refractivity (Wildman–Crippen MR) is 116 cm³/mol. The van der Waals surface area contributed by atoms with Crippen molar-refractivity contribution in [3.8, 4) is 5.75 Å². The molecule has 3 heterocycles. The number of rotatable bonds is 5. The molecule has 0 bridgehead atoms. The third-order valence-corrected chi connectivity index (χ3v) is 6.14. The lowest BCUT2D eigenvalue weighted by molar-refractivity contribution is 0.404. The number of fused-ring (bicyclic) bond motifs is 4. The molecule has 0 aliphatic heterocycles. The summed E-state index contributed by atoms with van der Waals surface area (Å²) in [5, 5.41) is 9.64. The zero-order valence-electron chi connectivity index (χ0n) is 18.0. The highest BCUT2D eigenvalue weighted by atomic mass is 19.1. The molecule has 0 fully saturated rings. The Morgan fingerprint density at radius 3 is 2.90 bits per heavy atom. The number of aryl methyl sites for hydroxylation is 1. The van der Waals surface area contributed by atoms with Crippen molar-refractivity contribution in [2.75, 3.05) is 12.8 Å². The number of nitrogens with zero attached hydrogens (tertiary/aromatic N) is 6. The lowest BCUT2D eigenvalue weighted by Crippen LogP contribution is -2.18. The topological polar surface area (TPSA) is 96.1 Å². The number of hydrogen-bond acceptors (Lipinski definition) is 6. The monoisotopic (exact) mass is 423 g/mol. The highest BCUT2D eigenvalue weighted by molar-refractivity contribution is 5.95. The summed E-state index contributed by atoms with van der Waals surface area (Å²) in [5.41, 5.74) is 9.82. The van der Waals surface area contributed by atoms with Crippen molar-refractivity contribution in [1.29, 1.82) is 0 Å². The van der Waals surface area contributed by atoms with Crippen LogP contribution < -0.4 is 10.5 Å². The Morgan fingerprint density at radius 1 is 1.29 bits per heavy atom. The summed E-state index contributed by atoms with van der Waals surface area (Å²) < 4.78 is 23.0. The summed E-state index contributed by atoms with van der Waals surface area (Å²) in [7, 11) is 1.48. The van der Waals surface area contributed by atoms with E-state index in [0.717, 1.165) is 32.1 Å².